The van der Waals surface area contributed by atoms with Gasteiger partial charge in [0.1, 0.15) is 11.3 Å². The largest absolute Gasteiger partial charge is 0.378 e. The van der Waals surface area contributed by atoms with E-state index in [-0.39, 0.29) is 0 Å². The van der Waals surface area contributed by atoms with Crippen LogP contribution in [0.5, 0.6) is 0 Å². The fourth-order valence-electron chi connectivity index (χ4n) is 2.57. The molecule has 1 saturated heterocycles. The van der Waals surface area contributed by atoms with E-state index in [0.717, 1.165) is 37.3 Å². The second-order valence-corrected chi connectivity index (χ2v) is 4.84. The molecule has 0 aromatic carbocycles. The van der Waals surface area contributed by atoms with E-state index in [1.165, 1.54) is 0 Å². The number of hydrogen-bond donors (Lipinski definition) is 1. The summed E-state index contributed by atoms with van der Waals surface area (Å²) < 4.78 is 5.69. The van der Waals surface area contributed by atoms with Crippen LogP contribution in [0, 0.1) is 5.92 Å². The number of nitrogens with one attached hydrogen (secondary N) is 1. The van der Waals surface area contributed by atoms with E-state index >= 15 is 0 Å². The number of ether oxygens (including phenoxy) is 1. The summed E-state index contributed by atoms with van der Waals surface area (Å²) in [6, 6.07) is 3.90. The maximum atomic E-state index is 5.69. The average molecular weight is 258 g/mol. The number of rotatable bonds is 4. The molecule has 100 valence electrons. The van der Waals surface area contributed by atoms with Gasteiger partial charge in [0.15, 0.2) is 5.65 Å². The van der Waals surface area contributed by atoms with E-state index in [4.69, 9.17) is 4.74 Å². The Labute approximate surface area is 112 Å². The Balaban J connectivity index is 1.68. The quantitative estimate of drug-likeness (QED) is 0.911. The van der Waals surface area contributed by atoms with Crippen molar-refractivity contribution in [2.24, 2.45) is 5.92 Å². The molecule has 0 amide bonds. The highest BCUT2D eigenvalue weighted by molar-refractivity contribution is 5.71. The summed E-state index contributed by atoms with van der Waals surface area (Å²) in [5.74, 6) is 1.43. The lowest BCUT2D eigenvalue weighted by molar-refractivity contribution is 0.0900. The molecular formula is C14H18N4O. The van der Waals surface area contributed by atoms with Gasteiger partial charge in [0.2, 0.25) is 0 Å². The molecule has 0 bridgehead atoms. The van der Waals surface area contributed by atoms with Crippen molar-refractivity contribution < 1.29 is 4.74 Å². The van der Waals surface area contributed by atoms with E-state index in [1.54, 1.807) is 12.4 Å². The van der Waals surface area contributed by atoms with Crippen LogP contribution in [0.2, 0.25) is 0 Å². The zero-order valence-electron chi connectivity index (χ0n) is 11.0. The van der Waals surface area contributed by atoms with Gasteiger partial charge >= 0.3 is 0 Å². The van der Waals surface area contributed by atoms with E-state index in [0.29, 0.717) is 17.7 Å². The average Bonchev–Trinajstić information content (AvgIpc) is 2.92. The Kier molecular flexibility index (Phi) is 3.55. The molecule has 0 spiro atoms. The molecule has 5 heteroatoms. The Morgan fingerprint density at radius 3 is 3.11 bits per heavy atom. The molecule has 2 unspecified atom stereocenters. The Bertz CT molecular complexity index is 560. The Hall–Kier alpha value is -1.75. The van der Waals surface area contributed by atoms with Gasteiger partial charge in [-0.3, -0.25) is 4.98 Å². The van der Waals surface area contributed by atoms with E-state index in [9.17, 15) is 0 Å². The molecule has 1 aliphatic rings. The fourth-order valence-corrected chi connectivity index (χ4v) is 2.57. The monoisotopic (exact) mass is 258 g/mol. The van der Waals surface area contributed by atoms with Crippen LogP contribution >= 0.6 is 0 Å². The normalized spacial score (nSPS) is 22.8. The molecule has 3 rings (SSSR count). The second-order valence-electron chi connectivity index (χ2n) is 4.84. The summed E-state index contributed by atoms with van der Waals surface area (Å²) >= 11 is 0. The van der Waals surface area contributed by atoms with Gasteiger partial charge in [-0.05, 0) is 25.0 Å². The molecule has 3 heterocycles. The molecular weight excluding hydrogens is 240 g/mol. The van der Waals surface area contributed by atoms with Crippen LogP contribution < -0.4 is 5.32 Å². The molecule has 0 saturated carbocycles. The first kappa shape index (κ1) is 12.3. The third-order valence-corrected chi connectivity index (χ3v) is 3.63. The van der Waals surface area contributed by atoms with Crippen molar-refractivity contribution in [2.75, 3.05) is 18.5 Å². The van der Waals surface area contributed by atoms with Crippen LogP contribution in [0.4, 0.5) is 5.82 Å². The van der Waals surface area contributed by atoms with Crippen molar-refractivity contribution in [1.29, 1.82) is 0 Å². The molecule has 1 fully saturated rings. The third-order valence-electron chi connectivity index (χ3n) is 3.63. The van der Waals surface area contributed by atoms with Gasteiger partial charge in [-0.15, -0.1) is 0 Å². The molecule has 1 aliphatic heterocycles. The first-order chi connectivity index (χ1) is 9.36. The van der Waals surface area contributed by atoms with E-state index < -0.39 is 0 Å². The summed E-state index contributed by atoms with van der Waals surface area (Å²) in [5.41, 5.74) is 1.51. The van der Waals surface area contributed by atoms with Crippen molar-refractivity contribution in [1.82, 2.24) is 15.0 Å². The predicted octanol–water partition coefficient (Wildman–Crippen LogP) is 2.25. The van der Waals surface area contributed by atoms with Crippen LogP contribution in [0.25, 0.3) is 11.2 Å². The first-order valence-electron chi connectivity index (χ1n) is 6.80. The SMILES string of the molecule is CCC1OCCC1CNc1ccc2nccnc2n1. The molecule has 1 N–H and O–H groups in total. The van der Waals surface area contributed by atoms with Crippen LogP contribution in [0.1, 0.15) is 19.8 Å². The maximum Gasteiger partial charge on any atom is 0.180 e. The minimum absolute atomic E-state index is 0.382. The van der Waals surface area contributed by atoms with Crippen molar-refractivity contribution in [2.45, 2.75) is 25.9 Å². The standard InChI is InChI=1S/C14H18N4O/c1-2-12-10(5-8-19-12)9-17-13-4-3-11-14(18-13)16-7-6-15-11/h3-4,6-7,10,12H,2,5,8-9H2,1H3,(H,16,17,18). The molecule has 5 nitrogen and oxygen atoms in total. The molecule has 19 heavy (non-hydrogen) atoms. The molecule has 2 aromatic heterocycles. The number of pyridine rings is 1. The number of nitrogens with zero attached hydrogens (tertiary/aromatic N) is 3. The van der Waals surface area contributed by atoms with Gasteiger partial charge in [0.05, 0.1) is 6.10 Å². The topological polar surface area (TPSA) is 59.9 Å². The highest BCUT2D eigenvalue weighted by atomic mass is 16.5. The zero-order chi connectivity index (χ0) is 13.1. The number of aromatic nitrogens is 3. The smallest absolute Gasteiger partial charge is 0.180 e. The molecule has 2 aromatic rings. The van der Waals surface area contributed by atoms with Crippen LogP contribution in [0.3, 0.4) is 0 Å². The summed E-state index contributed by atoms with van der Waals surface area (Å²) in [5, 5.41) is 3.38. The van der Waals surface area contributed by atoms with Gasteiger partial charge < -0.3 is 10.1 Å². The molecule has 0 aliphatic carbocycles. The lowest BCUT2D eigenvalue weighted by Gasteiger charge is -2.17. The zero-order valence-corrected chi connectivity index (χ0v) is 11.0. The fraction of sp³-hybridized carbons (Fsp3) is 0.500. The summed E-state index contributed by atoms with van der Waals surface area (Å²) in [7, 11) is 0. The van der Waals surface area contributed by atoms with Crippen molar-refractivity contribution in [3.8, 4) is 0 Å². The predicted molar refractivity (Wildman–Crippen MR) is 74.0 cm³/mol. The number of fused-ring (bicyclic) bond motifs is 1. The van der Waals surface area contributed by atoms with Gasteiger partial charge in [0.25, 0.3) is 0 Å². The number of hydrogen-bond acceptors (Lipinski definition) is 5. The van der Waals surface area contributed by atoms with Gasteiger partial charge in [-0.1, -0.05) is 6.92 Å². The van der Waals surface area contributed by atoms with Crippen molar-refractivity contribution in [3.63, 3.8) is 0 Å². The van der Waals surface area contributed by atoms with Gasteiger partial charge in [-0.25, -0.2) is 9.97 Å². The summed E-state index contributed by atoms with van der Waals surface area (Å²) in [6.45, 7) is 3.95. The van der Waals surface area contributed by atoms with Crippen molar-refractivity contribution in [3.05, 3.63) is 24.5 Å². The molecule has 2 atom stereocenters. The lowest BCUT2D eigenvalue weighted by Crippen LogP contribution is -2.23. The second kappa shape index (κ2) is 5.48. The minimum Gasteiger partial charge on any atom is -0.378 e. The Morgan fingerprint density at radius 1 is 1.32 bits per heavy atom. The van der Waals surface area contributed by atoms with Crippen LogP contribution in [-0.2, 0) is 4.74 Å². The first-order valence-corrected chi connectivity index (χ1v) is 6.80. The van der Waals surface area contributed by atoms with E-state index in [1.807, 2.05) is 12.1 Å². The molecule has 0 radical (unpaired) electrons. The minimum atomic E-state index is 0.382. The highest BCUT2D eigenvalue weighted by Gasteiger charge is 2.26. The van der Waals surface area contributed by atoms with Crippen LogP contribution in [0.15, 0.2) is 24.5 Å². The highest BCUT2D eigenvalue weighted by Crippen LogP contribution is 2.23. The van der Waals surface area contributed by atoms with Gasteiger partial charge in [-0.2, -0.15) is 0 Å². The Morgan fingerprint density at radius 2 is 2.21 bits per heavy atom. The van der Waals surface area contributed by atoms with Crippen LogP contribution in [-0.4, -0.2) is 34.2 Å². The summed E-state index contributed by atoms with van der Waals surface area (Å²) in [6.07, 6.45) is 5.92. The lowest BCUT2D eigenvalue weighted by atomic mass is 10.00. The third kappa shape index (κ3) is 2.66. The van der Waals surface area contributed by atoms with E-state index in [2.05, 4.69) is 27.2 Å². The van der Waals surface area contributed by atoms with Gasteiger partial charge in [0, 0.05) is 31.5 Å². The van der Waals surface area contributed by atoms with Crippen molar-refractivity contribution >= 4 is 17.0 Å². The summed E-state index contributed by atoms with van der Waals surface area (Å²) in [4.78, 5) is 12.9. The maximum absolute atomic E-state index is 5.69. The number of anilines is 1.